The second-order valence-corrected chi connectivity index (χ2v) is 6.38. The van der Waals surface area contributed by atoms with Gasteiger partial charge in [0.2, 0.25) is 0 Å². The van der Waals surface area contributed by atoms with Crippen LogP contribution in [-0.4, -0.2) is 17.8 Å². The van der Waals surface area contributed by atoms with E-state index < -0.39 is 6.10 Å². The number of hydrogen-bond donors (Lipinski definition) is 2. The zero-order valence-electron chi connectivity index (χ0n) is 11.9. The van der Waals surface area contributed by atoms with Gasteiger partial charge in [-0.2, -0.15) is 0 Å². The molecule has 1 fully saturated rings. The van der Waals surface area contributed by atoms with Crippen LogP contribution in [0.5, 0.6) is 0 Å². The Hall–Kier alpha value is -1.06. The summed E-state index contributed by atoms with van der Waals surface area (Å²) in [4.78, 5) is 0. The van der Waals surface area contributed by atoms with E-state index in [0.29, 0.717) is 23.8 Å². The van der Waals surface area contributed by atoms with Crippen LogP contribution in [0.3, 0.4) is 0 Å². The Morgan fingerprint density at radius 3 is 2.68 bits per heavy atom. The van der Waals surface area contributed by atoms with Crippen molar-refractivity contribution in [1.82, 2.24) is 0 Å². The highest BCUT2D eigenvalue weighted by Crippen LogP contribution is 2.36. The van der Waals surface area contributed by atoms with Crippen LogP contribution in [0.4, 0.5) is 5.69 Å². The number of hydrogen-bond acceptors (Lipinski definition) is 3. The third-order valence-corrected chi connectivity index (χ3v) is 4.07. The number of benzene rings is 1. The second-order valence-electron chi connectivity index (χ2n) is 6.38. The Labute approximate surface area is 115 Å². The van der Waals surface area contributed by atoms with Gasteiger partial charge in [0.25, 0.3) is 0 Å². The summed E-state index contributed by atoms with van der Waals surface area (Å²) in [6.07, 6.45) is 4.30. The molecule has 1 aromatic carbocycles. The van der Waals surface area contributed by atoms with Crippen molar-refractivity contribution in [2.45, 2.75) is 51.7 Å². The van der Waals surface area contributed by atoms with Crippen molar-refractivity contribution >= 4 is 5.69 Å². The van der Waals surface area contributed by atoms with Gasteiger partial charge in [0.15, 0.2) is 0 Å². The van der Waals surface area contributed by atoms with E-state index in [0.717, 1.165) is 18.4 Å². The maximum atomic E-state index is 10.1. The van der Waals surface area contributed by atoms with Crippen molar-refractivity contribution < 1.29 is 9.84 Å². The molecule has 0 heterocycles. The predicted molar refractivity (Wildman–Crippen MR) is 77.8 cm³/mol. The summed E-state index contributed by atoms with van der Waals surface area (Å²) in [6.45, 7) is 4.98. The highest BCUT2D eigenvalue weighted by atomic mass is 16.5. The zero-order valence-corrected chi connectivity index (χ0v) is 11.9. The van der Waals surface area contributed by atoms with Gasteiger partial charge in [0, 0.05) is 5.69 Å². The molecule has 1 aliphatic rings. The fourth-order valence-corrected chi connectivity index (χ4v) is 2.63. The van der Waals surface area contributed by atoms with Gasteiger partial charge in [0.05, 0.1) is 12.7 Å². The third kappa shape index (κ3) is 4.22. The number of nitrogen functional groups attached to an aromatic ring is 1. The first-order valence-corrected chi connectivity index (χ1v) is 7.11. The molecule has 2 rings (SSSR count). The molecule has 0 radical (unpaired) electrons. The lowest BCUT2D eigenvalue weighted by atomic mass is 9.76. The molecule has 3 nitrogen and oxygen atoms in total. The monoisotopic (exact) mass is 263 g/mol. The molecular weight excluding hydrogens is 238 g/mol. The number of anilines is 1. The molecule has 0 spiro atoms. The van der Waals surface area contributed by atoms with Gasteiger partial charge in [0.1, 0.15) is 6.10 Å². The lowest BCUT2D eigenvalue weighted by Gasteiger charge is -2.34. The lowest BCUT2D eigenvalue weighted by molar-refractivity contribution is -0.0380. The Bertz CT molecular complexity index is 407. The van der Waals surface area contributed by atoms with Crippen LogP contribution >= 0.6 is 0 Å². The average molecular weight is 263 g/mol. The second kappa shape index (κ2) is 5.93. The highest BCUT2D eigenvalue weighted by molar-refractivity contribution is 5.41. The molecule has 0 aromatic heterocycles. The Balaban J connectivity index is 1.80. The van der Waals surface area contributed by atoms with E-state index in [2.05, 4.69) is 13.8 Å². The summed E-state index contributed by atoms with van der Waals surface area (Å²) in [6, 6.07) is 7.36. The van der Waals surface area contributed by atoms with Crippen LogP contribution in [0.25, 0.3) is 0 Å². The summed E-state index contributed by atoms with van der Waals surface area (Å²) in [5.41, 5.74) is 7.67. The van der Waals surface area contributed by atoms with Crippen molar-refractivity contribution in [3.8, 4) is 0 Å². The van der Waals surface area contributed by atoms with Crippen molar-refractivity contribution in [3.63, 3.8) is 0 Å². The van der Waals surface area contributed by atoms with Gasteiger partial charge < -0.3 is 15.6 Å². The maximum absolute atomic E-state index is 10.1. The van der Waals surface area contributed by atoms with E-state index in [9.17, 15) is 5.11 Å². The molecule has 0 bridgehead atoms. The van der Waals surface area contributed by atoms with E-state index in [1.165, 1.54) is 12.8 Å². The van der Waals surface area contributed by atoms with Crippen LogP contribution < -0.4 is 5.73 Å². The van der Waals surface area contributed by atoms with Gasteiger partial charge in [-0.15, -0.1) is 0 Å². The molecule has 1 atom stereocenters. The zero-order chi connectivity index (χ0) is 13.9. The number of aliphatic hydroxyl groups excluding tert-OH is 1. The third-order valence-electron chi connectivity index (χ3n) is 4.07. The van der Waals surface area contributed by atoms with Gasteiger partial charge >= 0.3 is 0 Å². The van der Waals surface area contributed by atoms with Gasteiger partial charge in [-0.3, -0.25) is 0 Å². The average Bonchev–Trinajstić information content (AvgIpc) is 2.37. The topological polar surface area (TPSA) is 55.5 Å². The Morgan fingerprint density at radius 2 is 2.05 bits per heavy atom. The maximum Gasteiger partial charge on any atom is 0.102 e. The summed E-state index contributed by atoms with van der Waals surface area (Å²) in [7, 11) is 0. The van der Waals surface area contributed by atoms with Crippen LogP contribution in [0, 0.1) is 5.41 Å². The predicted octanol–water partition coefficient (Wildman–Crippen LogP) is 3.29. The van der Waals surface area contributed by atoms with E-state index in [1.807, 2.05) is 18.2 Å². The summed E-state index contributed by atoms with van der Waals surface area (Å²) >= 11 is 0. The normalized spacial score (nSPS) is 21.2. The van der Waals surface area contributed by atoms with E-state index >= 15 is 0 Å². The number of rotatable bonds is 4. The number of nitrogens with two attached hydrogens (primary N) is 1. The molecule has 1 unspecified atom stereocenters. The first-order valence-electron chi connectivity index (χ1n) is 7.11. The smallest absolute Gasteiger partial charge is 0.102 e. The van der Waals surface area contributed by atoms with Crippen molar-refractivity contribution in [2.24, 2.45) is 5.41 Å². The number of ether oxygens (including phenoxy) is 1. The fraction of sp³-hybridized carbons (Fsp3) is 0.625. The minimum absolute atomic E-state index is 0.295. The van der Waals surface area contributed by atoms with E-state index in [1.54, 1.807) is 6.07 Å². The van der Waals surface area contributed by atoms with E-state index in [-0.39, 0.29) is 0 Å². The molecule has 1 aliphatic carbocycles. The van der Waals surface area contributed by atoms with Crippen LogP contribution in [-0.2, 0) is 4.74 Å². The summed E-state index contributed by atoms with van der Waals surface area (Å²) < 4.78 is 5.84. The number of aliphatic hydroxyl groups is 1. The first-order chi connectivity index (χ1) is 8.96. The van der Waals surface area contributed by atoms with Crippen LogP contribution in [0.1, 0.15) is 51.2 Å². The molecule has 0 amide bonds. The molecule has 1 saturated carbocycles. The Morgan fingerprint density at radius 1 is 1.37 bits per heavy atom. The van der Waals surface area contributed by atoms with Crippen LogP contribution in [0.2, 0.25) is 0 Å². The fourth-order valence-electron chi connectivity index (χ4n) is 2.63. The molecule has 106 valence electrons. The molecule has 0 saturated heterocycles. The minimum atomic E-state index is -0.585. The lowest BCUT2D eigenvalue weighted by Crippen LogP contribution is -2.27. The molecule has 3 N–H and O–H groups in total. The Kier molecular flexibility index (Phi) is 4.48. The molecule has 19 heavy (non-hydrogen) atoms. The van der Waals surface area contributed by atoms with Gasteiger partial charge in [-0.1, -0.05) is 26.0 Å². The van der Waals surface area contributed by atoms with Gasteiger partial charge in [-0.05, 0) is 48.8 Å². The molecular formula is C16H25NO2. The summed E-state index contributed by atoms with van der Waals surface area (Å²) in [5, 5.41) is 10.1. The van der Waals surface area contributed by atoms with Crippen LogP contribution in [0.15, 0.2) is 24.3 Å². The van der Waals surface area contributed by atoms with Crippen molar-refractivity contribution in [2.75, 3.05) is 12.3 Å². The SMILES string of the molecule is CC1(C)CCC(OCC(O)c2cccc(N)c2)CC1. The first kappa shape index (κ1) is 14.4. The highest BCUT2D eigenvalue weighted by Gasteiger charge is 2.27. The summed E-state index contributed by atoms with van der Waals surface area (Å²) in [5.74, 6) is 0. The quantitative estimate of drug-likeness (QED) is 0.820. The largest absolute Gasteiger partial charge is 0.399 e. The van der Waals surface area contributed by atoms with E-state index in [4.69, 9.17) is 10.5 Å². The van der Waals surface area contributed by atoms with Crippen molar-refractivity contribution in [1.29, 1.82) is 0 Å². The van der Waals surface area contributed by atoms with Crippen molar-refractivity contribution in [3.05, 3.63) is 29.8 Å². The molecule has 1 aromatic rings. The molecule has 0 aliphatic heterocycles. The molecule has 3 heteroatoms. The van der Waals surface area contributed by atoms with Gasteiger partial charge in [-0.25, -0.2) is 0 Å². The standard InChI is InChI=1S/C16H25NO2/c1-16(2)8-6-14(7-9-16)19-11-15(18)12-4-3-5-13(17)10-12/h3-5,10,14-15,18H,6-9,11,17H2,1-2H3. The minimum Gasteiger partial charge on any atom is -0.399 e.